The average molecular weight is 324 g/mol. The maximum atomic E-state index is 12.4. The lowest BCUT2D eigenvalue weighted by atomic mass is 9.72. The molecule has 0 bridgehead atoms. The van der Waals surface area contributed by atoms with Gasteiger partial charge in [0.05, 0.1) is 12.1 Å². The van der Waals surface area contributed by atoms with Crippen LogP contribution in [0.15, 0.2) is 0 Å². The Bertz CT molecular complexity index is 407. The van der Waals surface area contributed by atoms with Gasteiger partial charge in [0.15, 0.2) is 0 Å². The number of aliphatic hydroxyl groups is 1. The molecule has 1 saturated carbocycles. The second-order valence-electron chi connectivity index (χ2n) is 7.84. The van der Waals surface area contributed by atoms with E-state index in [2.05, 4.69) is 10.2 Å². The van der Waals surface area contributed by atoms with Crippen molar-refractivity contribution < 1.29 is 14.6 Å². The van der Waals surface area contributed by atoms with Gasteiger partial charge in [0, 0.05) is 31.2 Å². The zero-order chi connectivity index (χ0) is 16.3. The van der Waals surface area contributed by atoms with E-state index in [9.17, 15) is 9.90 Å². The van der Waals surface area contributed by atoms with E-state index in [4.69, 9.17) is 4.74 Å². The Morgan fingerprint density at radius 2 is 2.00 bits per heavy atom. The molecule has 1 aliphatic carbocycles. The minimum Gasteiger partial charge on any atom is -0.390 e. The number of nitrogens with one attached hydrogen (secondary N) is 1. The number of amides is 1. The predicted octanol–water partition coefficient (Wildman–Crippen LogP) is 1.69. The Morgan fingerprint density at radius 1 is 1.22 bits per heavy atom. The van der Waals surface area contributed by atoms with Crippen LogP contribution in [0.5, 0.6) is 0 Å². The monoisotopic (exact) mass is 324 g/mol. The van der Waals surface area contributed by atoms with Crippen molar-refractivity contribution in [1.29, 1.82) is 0 Å². The highest BCUT2D eigenvalue weighted by atomic mass is 16.5. The Balaban J connectivity index is 1.54. The number of carbonyl (C=O) groups excluding carboxylic acids is 1. The molecule has 3 fully saturated rings. The van der Waals surface area contributed by atoms with Gasteiger partial charge in [0.25, 0.3) is 0 Å². The van der Waals surface area contributed by atoms with E-state index < -0.39 is 5.60 Å². The van der Waals surface area contributed by atoms with Gasteiger partial charge in [-0.3, -0.25) is 9.69 Å². The molecule has 2 aliphatic heterocycles. The van der Waals surface area contributed by atoms with Crippen molar-refractivity contribution in [2.24, 2.45) is 5.92 Å². The van der Waals surface area contributed by atoms with Crippen molar-refractivity contribution in [3.8, 4) is 0 Å². The minimum atomic E-state index is -0.567. The summed E-state index contributed by atoms with van der Waals surface area (Å²) < 4.78 is 5.34. The SMILES string of the molecule is CC1(O)CCCCC1C1CCCN1CC(=O)NC1CCOCC1. The van der Waals surface area contributed by atoms with Crippen molar-refractivity contribution in [3.63, 3.8) is 0 Å². The number of rotatable bonds is 4. The van der Waals surface area contributed by atoms with Crippen LogP contribution in [0.3, 0.4) is 0 Å². The first kappa shape index (κ1) is 17.2. The van der Waals surface area contributed by atoms with E-state index in [0.29, 0.717) is 18.5 Å². The van der Waals surface area contributed by atoms with E-state index in [-0.39, 0.29) is 11.9 Å². The molecule has 5 heteroatoms. The smallest absolute Gasteiger partial charge is 0.234 e. The molecule has 3 unspecified atom stereocenters. The molecule has 2 saturated heterocycles. The first-order valence-electron chi connectivity index (χ1n) is 9.40. The molecule has 0 aromatic rings. The van der Waals surface area contributed by atoms with Gasteiger partial charge in [-0.1, -0.05) is 12.8 Å². The largest absolute Gasteiger partial charge is 0.390 e. The van der Waals surface area contributed by atoms with Crippen LogP contribution in [-0.4, -0.2) is 59.9 Å². The van der Waals surface area contributed by atoms with Crippen LogP contribution in [0.4, 0.5) is 0 Å². The van der Waals surface area contributed by atoms with Gasteiger partial charge in [0.2, 0.25) is 5.91 Å². The molecule has 2 N–H and O–H groups in total. The first-order chi connectivity index (χ1) is 11.1. The van der Waals surface area contributed by atoms with Crippen LogP contribution in [0.1, 0.15) is 58.3 Å². The molecule has 0 radical (unpaired) electrons. The van der Waals surface area contributed by atoms with Crippen molar-refractivity contribution >= 4 is 5.91 Å². The van der Waals surface area contributed by atoms with Gasteiger partial charge in [0.1, 0.15) is 0 Å². The highest BCUT2D eigenvalue weighted by molar-refractivity contribution is 5.78. The van der Waals surface area contributed by atoms with E-state index >= 15 is 0 Å². The van der Waals surface area contributed by atoms with E-state index in [1.807, 2.05) is 6.92 Å². The summed E-state index contributed by atoms with van der Waals surface area (Å²) in [5, 5.41) is 13.9. The third-order valence-corrected chi connectivity index (χ3v) is 6.06. The normalized spacial score (nSPS) is 37.0. The molecule has 2 heterocycles. The van der Waals surface area contributed by atoms with Gasteiger partial charge in [-0.05, 0) is 52.0 Å². The zero-order valence-corrected chi connectivity index (χ0v) is 14.4. The lowest BCUT2D eigenvalue weighted by Crippen LogP contribution is -2.51. The molecule has 0 spiro atoms. The molecule has 23 heavy (non-hydrogen) atoms. The van der Waals surface area contributed by atoms with Crippen LogP contribution in [0.2, 0.25) is 0 Å². The zero-order valence-electron chi connectivity index (χ0n) is 14.4. The maximum Gasteiger partial charge on any atom is 0.234 e. The van der Waals surface area contributed by atoms with Crippen LogP contribution in [-0.2, 0) is 9.53 Å². The molecule has 0 aromatic carbocycles. The minimum absolute atomic E-state index is 0.138. The summed E-state index contributed by atoms with van der Waals surface area (Å²) in [5.74, 6) is 0.453. The second kappa shape index (κ2) is 7.49. The Labute approximate surface area is 139 Å². The first-order valence-corrected chi connectivity index (χ1v) is 9.40. The second-order valence-corrected chi connectivity index (χ2v) is 7.84. The number of likely N-dealkylation sites (tertiary alicyclic amines) is 1. The topological polar surface area (TPSA) is 61.8 Å². The summed E-state index contributed by atoms with van der Waals surface area (Å²) in [6.07, 6.45) is 8.43. The summed E-state index contributed by atoms with van der Waals surface area (Å²) >= 11 is 0. The third kappa shape index (κ3) is 4.25. The number of ether oxygens (including phenoxy) is 1. The van der Waals surface area contributed by atoms with Crippen molar-refractivity contribution in [2.45, 2.75) is 76.0 Å². The molecule has 1 amide bonds. The lowest BCUT2D eigenvalue weighted by Gasteiger charge is -2.43. The van der Waals surface area contributed by atoms with Gasteiger partial charge in [-0.15, -0.1) is 0 Å². The molecule has 132 valence electrons. The van der Waals surface area contributed by atoms with Gasteiger partial charge in [-0.25, -0.2) is 0 Å². The standard InChI is InChI=1S/C18H32N2O3/c1-18(22)9-3-2-5-15(18)16-6-4-10-20(16)13-17(21)19-14-7-11-23-12-8-14/h14-16,22H,2-13H2,1H3,(H,19,21). The molecular weight excluding hydrogens is 292 g/mol. The molecule has 3 aliphatic rings. The fourth-order valence-corrected chi connectivity index (χ4v) is 4.75. The van der Waals surface area contributed by atoms with E-state index in [1.54, 1.807) is 0 Å². The summed E-state index contributed by atoms with van der Waals surface area (Å²) in [6, 6.07) is 0.640. The quantitative estimate of drug-likeness (QED) is 0.826. The van der Waals surface area contributed by atoms with Crippen molar-refractivity contribution in [2.75, 3.05) is 26.3 Å². The Morgan fingerprint density at radius 3 is 2.74 bits per heavy atom. The Kier molecular flexibility index (Phi) is 5.60. The van der Waals surface area contributed by atoms with E-state index in [0.717, 1.165) is 64.7 Å². The summed E-state index contributed by atoms with van der Waals surface area (Å²) in [7, 11) is 0. The van der Waals surface area contributed by atoms with Crippen LogP contribution >= 0.6 is 0 Å². The van der Waals surface area contributed by atoms with E-state index in [1.165, 1.54) is 6.42 Å². The van der Waals surface area contributed by atoms with Crippen LogP contribution in [0, 0.1) is 5.92 Å². The fourth-order valence-electron chi connectivity index (χ4n) is 4.75. The highest BCUT2D eigenvalue weighted by Crippen LogP contribution is 2.40. The van der Waals surface area contributed by atoms with Gasteiger partial charge in [-0.2, -0.15) is 0 Å². The fraction of sp³-hybridized carbons (Fsp3) is 0.944. The van der Waals surface area contributed by atoms with Gasteiger partial charge < -0.3 is 15.2 Å². The lowest BCUT2D eigenvalue weighted by molar-refractivity contribution is -0.125. The molecule has 3 rings (SSSR count). The maximum absolute atomic E-state index is 12.4. The molecule has 0 aromatic heterocycles. The summed E-state index contributed by atoms with van der Waals surface area (Å²) in [5.41, 5.74) is -0.567. The van der Waals surface area contributed by atoms with Crippen LogP contribution < -0.4 is 5.32 Å². The van der Waals surface area contributed by atoms with Crippen molar-refractivity contribution in [3.05, 3.63) is 0 Å². The molecule has 3 atom stereocenters. The van der Waals surface area contributed by atoms with Crippen LogP contribution in [0.25, 0.3) is 0 Å². The molecular formula is C18H32N2O3. The predicted molar refractivity (Wildman–Crippen MR) is 89.2 cm³/mol. The third-order valence-electron chi connectivity index (χ3n) is 6.06. The summed E-state index contributed by atoms with van der Waals surface area (Å²) in [6.45, 7) is 4.97. The highest BCUT2D eigenvalue weighted by Gasteiger charge is 2.43. The molecule has 5 nitrogen and oxygen atoms in total. The van der Waals surface area contributed by atoms with Gasteiger partial charge >= 0.3 is 0 Å². The average Bonchev–Trinajstić information content (AvgIpc) is 2.95. The number of nitrogens with zero attached hydrogens (tertiary/aromatic N) is 1. The Hall–Kier alpha value is -0.650. The number of carbonyl (C=O) groups is 1. The number of hydrogen-bond acceptors (Lipinski definition) is 4. The summed E-state index contributed by atoms with van der Waals surface area (Å²) in [4.78, 5) is 14.7. The van der Waals surface area contributed by atoms with Crippen molar-refractivity contribution in [1.82, 2.24) is 10.2 Å². The number of hydrogen-bond donors (Lipinski definition) is 2.